The van der Waals surface area contributed by atoms with Gasteiger partial charge in [-0.2, -0.15) is 0 Å². The first-order chi connectivity index (χ1) is 17.4. The number of benzene rings is 2. The lowest BCUT2D eigenvalue weighted by molar-refractivity contribution is 0.0409. The molecule has 0 amide bonds. The quantitative estimate of drug-likeness (QED) is 0.0928. The number of ether oxygens (including phenoxy) is 4. The average molecular weight is 543 g/mol. The van der Waals surface area contributed by atoms with Crippen molar-refractivity contribution in [2.24, 2.45) is 0 Å². The van der Waals surface area contributed by atoms with Crippen molar-refractivity contribution < 1.29 is 49.0 Å². The fourth-order valence-corrected chi connectivity index (χ4v) is 4.59. The largest absolute Gasteiger partial charge is 0.508 e. The Hall–Kier alpha value is -2.80. The molecule has 198 valence electrons. The Bertz CT molecular complexity index is 953. The van der Waals surface area contributed by atoms with Gasteiger partial charge in [0.05, 0.1) is 26.4 Å². The summed E-state index contributed by atoms with van der Waals surface area (Å²) in [7, 11) is 3.08. The lowest BCUT2D eigenvalue weighted by Crippen LogP contribution is -2.12. The third-order valence-corrected chi connectivity index (χ3v) is 6.95. The van der Waals surface area contributed by atoms with E-state index in [0.717, 1.165) is 11.3 Å². The normalized spacial score (nSPS) is 10.8. The number of ketones is 1. The second-order valence-corrected chi connectivity index (χ2v) is 9.93. The number of hydrogen-bond acceptors (Lipinski definition) is 11. The molecular weight excluding hydrogens is 512 g/mol. The van der Waals surface area contributed by atoms with Crippen LogP contribution in [0.3, 0.4) is 0 Å². The van der Waals surface area contributed by atoms with E-state index in [0.29, 0.717) is 32.0 Å². The van der Waals surface area contributed by atoms with Crippen LogP contribution in [0.15, 0.2) is 36.4 Å². The molecular formula is C24H30O10S2. The van der Waals surface area contributed by atoms with Crippen LogP contribution >= 0.6 is 21.6 Å². The maximum absolute atomic E-state index is 12.6. The zero-order valence-electron chi connectivity index (χ0n) is 19.6. The molecule has 36 heavy (non-hydrogen) atoms. The van der Waals surface area contributed by atoms with Gasteiger partial charge in [0, 0.05) is 17.9 Å². The molecule has 0 atom stereocenters. The van der Waals surface area contributed by atoms with Gasteiger partial charge >= 0.3 is 6.16 Å². The van der Waals surface area contributed by atoms with Gasteiger partial charge in [0.25, 0.3) is 0 Å². The first-order valence-corrected chi connectivity index (χ1v) is 13.6. The molecule has 0 aromatic heterocycles. The van der Waals surface area contributed by atoms with Crippen LogP contribution in [-0.2, 0) is 20.6 Å². The molecule has 0 aliphatic rings. The fraction of sp³-hybridized carbons (Fsp3) is 0.417. The second-order valence-electron chi connectivity index (χ2n) is 7.23. The average Bonchev–Trinajstić information content (AvgIpc) is 2.85. The van der Waals surface area contributed by atoms with Crippen LogP contribution in [0.25, 0.3) is 0 Å². The van der Waals surface area contributed by atoms with Crippen LogP contribution in [0, 0.1) is 0 Å². The highest BCUT2D eigenvalue weighted by Gasteiger charge is 2.20. The zero-order valence-corrected chi connectivity index (χ0v) is 21.2. The van der Waals surface area contributed by atoms with Crippen LogP contribution in [0.2, 0.25) is 0 Å². The fourth-order valence-electron chi connectivity index (χ4n) is 2.90. The minimum absolute atomic E-state index is 0.0643. The van der Waals surface area contributed by atoms with E-state index in [-0.39, 0.29) is 49.1 Å². The predicted molar refractivity (Wildman–Crippen MR) is 137 cm³/mol. The van der Waals surface area contributed by atoms with Crippen molar-refractivity contribution in [3.8, 4) is 23.0 Å². The summed E-state index contributed by atoms with van der Waals surface area (Å²) in [6.07, 6.45) is -0.820. The van der Waals surface area contributed by atoms with Crippen LogP contribution < -0.4 is 4.74 Å². The molecule has 0 bridgehead atoms. The third-order valence-electron chi connectivity index (χ3n) is 4.62. The number of phenols is 3. The van der Waals surface area contributed by atoms with Gasteiger partial charge in [-0.25, -0.2) is 4.79 Å². The first-order valence-electron chi connectivity index (χ1n) is 11.1. The maximum Gasteiger partial charge on any atom is 0.505 e. The number of carbonyl (C=O) groups excluding carboxylic acids is 1. The number of hydrogen-bond donors (Lipinski definition) is 4. The summed E-state index contributed by atoms with van der Waals surface area (Å²) in [6, 6.07) is 9.15. The highest BCUT2D eigenvalue weighted by molar-refractivity contribution is 8.76. The molecule has 10 nitrogen and oxygen atoms in total. The molecule has 0 aliphatic heterocycles. The van der Waals surface area contributed by atoms with Crippen molar-refractivity contribution in [1.29, 1.82) is 0 Å². The van der Waals surface area contributed by atoms with Gasteiger partial charge in [-0.3, -0.25) is 4.79 Å². The zero-order chi connectivity index (χ0) is 26.2. The molecule has 0 saturated heterocycles. The van der Waals surface area contributed by atoms with Crippen molar-refractivity contribution in [3.63, 3.8) is 0 Å². The monoisotopic (exact) mass is 542 g/mol. The Labute approximate surface area is 216 Å². The molecule has 0 unspecified atom stereocenters. The van der Waals surface area contributed by atoms with E-state index < -0.39 is 17.7 Å². The number of phenolic OH excluding ortho intramolecular Hbond substituents is 3. The van der Waals surface area contributed by atoms with E-state index in [1.54, 1.807) is 22.9 Å². The van der Waals surface area contributed by atoms with Gasteiger partial charge in [0.15, 0.2) is 17.3 Å². The molecule has 0 spiro atoms. The number of Topliss-reactive ketones (excluding diaryl/α,β-unsaturated/α-hetero) is 1. The molecule has 2 rings (SSSR count). The van der Waals surface area contributed by atoms with Gasteiger partial charge in [0.2, 0.25) is 0 Å². The maximum atomic E-state index is 12.6. The van der Waals surface area contributed by atoms with Gasteiger partial charge in [-0.15, -0.1) is 0 Å². The topological polar surface area (TPSA) is 152 Å². The molecule has 0 heterocycles. The van der Waals surface area contributed by atoms with E-state index in [9.17, 15) is 24.9 Å². The van der Waals surface area contributed by atoms with Gasteiger partial charge in [-0.1, -0.05) is 33.7 Å². The van der Waals surface area contributed by atoms with Gasteiger partial charge < -0.3 is 39.4 Å². The Kier molecular flexibility index (Phi) is 13.7. The molecule has 0 aliphatic carbocycles. The predicted octanol–water partition coefficient (Wildman–Crippen LogP) is 4.11. The smallest absolute Gasteiger partial charge is 0.505 e. The number of carbonyl (C=O) groups is 2. The van der Waals surface area contributed by atoms with Crippen molar-refractivity contribution in [3.05, 3.63) is 47.5 Å². The summed E-state index contributed by atoms with van der Waals surface area (Å²) >= 11 is 0. The molecule has 0 saturated carbocycles. The van der Waals surface area contributed by atoms with Crippen LogP contribution in [0.1, 0.15) is 22.3 Å². The van der Waals surface area contributed by atoms with Gasteiger partial charge in [-0.05, 0) is 36.2 Å². The van der Waals surface area contributed by atoms with E-state index in [2.05, 4.69) is 4.74 Å². The molecule has 12 heteroatoms. The molecule has 0 fully saturated rings. The summed E-state index contributed by atoms with van der Waals surface area (Å²) in [5, 5.41) is 38.2. The second kappa shape index (κ2) is 16.8. The van der Waals surface area contributed by atoms with E-state index >= 15 is 0 Å². The minimum Gasteiger partial charge on any atom is -0.508 e. The van der Waals surface area contributed by atoms with Crippen molar-refractivity contribution in [2.75, 3.05) is 51.1 Å². The summed E-state index contributed by atoms with van der Waals surface area (Å²) in [5.41, 5.74) is 0.653. The van der Waals surface area contributed by atoms with Crippen molar-refractivity contribution >= 4 is 33.5 Å². The van der Waals surface area contributed by atoms with Gasteiger partial charge in [0.1, 0.15) is 30.3 Å². The third kappa shape index (κ3) is 11.3. The number of carboxylic acid groups (broad SMARTS) is 1. The van der Waals surface area contributed by atoms with Crippen molar-refractivity contribution in [1.82, 2.24) is 0 Å². The lowest BCUT2D eigenvalue weighted by Gasteiger charge is -2.13. The lowest BCUT2D eigenvalue weighted by atomic mass is 10.0. The van der Waals surface area contributed by atoms with Crippen molar-refractivity contribution in [2.45, 2.75) is 12.8 Å². The molecule has 2 aromatic rings. The van der Waals surface area contributed by atoms with E-state index in [1.165, 1.54) is 35.1 Å². The first kappa shape index (κ1) is 29.4. The number of aromatic hydroxyl groups is 3. The Morgan fingerprint density at radius 2 is 1.42 bits per heavy atom. The molecule has 0 radical (unpaired) electrons. The number of aryl methyl sites for hydroxylation is 1. The summed E-state index contributed by atoms with van der Waals surface area (Å²) in [6.45, 7) is 1.81. The SMILES string of the molecule is O=C(O)OCCSSCCOCCOCCOc1ccc(O)c(C(=O)CCc2ccc(O)cc2)c1O. The highest BCUT2D eigenvalue weighted by Crippen LogP contribution is 2.37. The Balaban J connectivity index is 1.60. The molecule has 4 N–H and O–H groups in total. The van der Waals surface area contributed by atoms with Crippen LogP contribution in [0.4, 0.5) is 4.79 Å². The molecule has 2 aromatic carbocycles. The summed E-state index contributed by atoms with van der Waals surface area (Å²) < 4.78 is 20.8. The van der Waals surface area contributed by atoms with Crippen LogP contribution in [-0.4, -0.2) is 83.5 Å². The standard InChI is InChI=1S/C24H30O10S2/c25-18-4-1-17(2-5-18)3-6-19(26)22-20(27)7-8-21(23(22)28)33-12-11-31-9-10-32-13-15-35-36-16-14-34-24(29)30/h1-2,4-5,7-8,25,27-28H,3,6,9-16H2,(H,29,30). The summed E-state index contributed by atoms with van der Waals surface area (Å²) in [5.74, 6) is 0.358. The minimum atomic E-state index is -1.27. The highest BCUT2D eigenvalue weighted by atomic mass is 33.1. The number of rotatable bonds is 18. The van der Waals surface area contributed by atoms with Crippen LogP contribution in [0.5, 0.6) is 23.0 Å². The Morgan fingerprint density at radius 3 is 2.11 bits per heavy atom. The van der Waals surface area contributed by atoms with E-state index in [1.807, 2.05) is 0 Å². The van der Waals surface area contributed by atoms with E-state index in [4.69, 9.17) is 19.3 Å². The Morgan fingerprint density at radius 1 is 0.778 bits per heavy atom. The summed E-state index contributed by atoms with van der Waals surface area (Å²) in [4.78, 5) is 22.8.